The van der Waals surface area contributed by atoms with E-state index in [1.165, 1.54) is 73.6 Å². The van der Waals surface area contributed by atoms with Gasteiger partial charge in [0, 0.05) is 33.5 Å². The van der Waals surface area contributed by atoms with Crippen LogP contribution in [0.4, 0.5) is 17.1 Å². The lowest BCUT2D eigenvalue weighted by Gasteiger charge is -2.26. The van der Waals surface area contributed by atoms with E-state index in [4.69, 9.17) is 0 Å². The van der Waals surface area contributed by atoms with Gasteiger partial charge in [0.1, 0.15) is 0 Å². The number of para-hydroxylation sites is 2. The Kier molecular flexibility index (Phi) is 9.08. The average Bonchev–Trinajstić information content (AvgIpc) is 3.59. The molecule has 0 aliphatic heterocycles. The quantitative estimate of drug-likeness (QED) is 0.138. The SMILES string of the molecule is CCCCc1ccc(-c2ccc(N(c3ccc(-c4ccccc4)cc3)c3ccc(-c4ccc(-n5c6ccccc6c6ccccc65)cc4)cc3)cc2)cc1. The summed E-state index contributed by atoms with van der Waals surface area (Å²) in [5, 5.41) is 2.55. The summed E-state index contributed by atoms with van der Waals surface area (Å²) in [4.78, 5) is 2.35. The minimum Gasteiger partial charge on any atom is -0.311 e. The van der Waals surface area contributed by atoms with Gasteiger partial charge in [0.25, 0.3) is 0 Å². The third kappa shape index (κ3) is 6.48. The van der Waals surface area contributed by atoms with Gasteiger partial charge >= 0.3 is 0 Å². The van der Waals surface area contributed by atoms with Crippen molar-refractivity contribution in [1.82, 2.24) is 4.57 Å². The molecule has 0 bridgehead atoms. The van der Waals surface area contributed by atoms with E-state index in [2.05, 4.69) is 217 Å². The molecular weight excluding hydrogens is 653 g/mol. The van der Waals surface area contributed by atoms with Crippen LogP contribution in [0.3, 0.4) is 0 Å². The Morgan fingerprint density at radius 1 is 0.370 bits per heavy atom. The maximum Gasteiger partial charge on any atom is 0.0541 e. The second kappa shape index (κ2) is 14.8. The number of hydrogen-bond acceptors (Lipinski definition) is 1. The number of nitrogens with zero attached hydrogens (tertiary/aromatic N) is 2. The molecular formula is C52H42N2. The molecule has 0 unspecified atom stereocenters. The van der Waals surface area contributed by atoms with Gasteiger partial charge in [0.05, 0.1) is 11.0 Å². The zero-order valence-electron chi connectivity index (χ0n) is 30.6. The second-order valence-electron chi connectivity index (χ2n) is 14.1. The van der Waals surface area contributed by atoms with Gasteiger partial charge in [-0.25, -0.2) is 0 Å². The molecule has 2 nitrogen and oxygen atoms in total. The van der Waals surface area contributed by atoms with E-state index in [9.17, 15) is 0 Å². The lowest BCUT2D eigenvalue weighted by molar-refractivity contribution is 0.795. The molecule has 260 valence electrons. The molecule has 0 spiro atoms. The maximum absolute atomic E-state index is 2.37. The number of aryl methyl sites for hydroxylation is 1. The highest BCUT2D eigenvalue weighted by atomic mass is 15.1. The summed E-state index contributed by atoms with van der Waals surface area (Å²) in [7, 11) is 0. The molecule has 1 aromatic heterocycles. The van der Waals surface area contributed by atoms with Crippen molar-refractivity contribution >= 4 is 38.9 Å². The number of rotatable bonds is 10. The van der Waals surface area contributed by atoms with Gasteiger partial charge in [-0.1, -0.05) is 153 Å². The van der Waals surface area contributed by atoms with Gasteiger partial charge in [-0.05, 0) is 112 Å². The van der Waals surface area contributed by atoms with E-state index < -0.39 is 0 Å². The van der Waals surface area contributed by atoms with E-state index in [0.29, 0.717) is 0 Å². The van der Waals surface area contributed by atoms with Crippen molar-refractivity contribution < 1.29 is 0 Å². The van der Waals surface area contributed by atoms with Crippen molar-refractivity contribution in [3.63, 3.8) is 0 Å². The first-order valence-corrected chi connectivity index (χ1v) is 19.1. The normalized spacial score (nSPS) is 11.3. The largest absolute Gasteiger partial charge is 0.311 e. The van der Waals surface area contributed by atoms with Gasteiger partial charge in [0.15, 0.2) is 0 Å². The minimum absolute atomic E-state index is 1.11. The van der Waals surface area contributed by atoms with Crippen LogP contribution >= 0.6 is 0 Å². The number of anilines is 3. The predicted molar refractivity (Wildman–Crippen MR) is 230 cm³/mol. The predicted octanol–water partition coefficient (Wildman–Crippen LogP) is 14.6. The van der Waals surface area contributed by atoms with Gasteiger partial charge < -0.3 is 9.47 Å². The van der Waals surface area contributed by atoms with Crippen molar-refractivity contribution in [3.05, 3.63) is 206 Å². The van der Waals surface area contributed by atoms with Crippen LogP contribution in [0.1, 0.15) is 25.3 Å². The van der Waals surface area contributed by atoms with E-state index in [0.717, 1.165) is 29.2 Å². The zero-order valence-corrected chi connectivity index (χ0v) is 30.6. The fourth-order valence-corrected chi connectivity index (χ4v) is 7.74. The zero-order chi connectivity index (χ0) is 36.3. The molecule has 0 saturated carbocycles. The highest BCUT2D eigenvalue weighted by Gasteiger charge is 2.15. The molecule has 8 aromatic carbocycles. The smallest absolute Gasteiger partial charge is 0.0541 e. The summed E-state index contributed by atoms with van der Waals surface area (Å²) in [6.07, 6.45) is 3.59. The summed E-state index contributed by atoms with van der Waals surface area (Å²) in [5.74, 6) is 0. The Morgan fingerprint density at radius 2 is 0.741 bits per heavy atom. The summed E-state index contributed by atoms with van der Waals surface area (Å²) >= 11 is 0. The Bertz CT molecular complexity index is 2580. The third-order valence-electron chi connectivity index (χ3n) is 10.6. The molecule has 0 amide bonds. The van der Waals surface area contributed by atoms with Crippen LogP contribution in [-0.4, -0.2) is 4.57 Å². The third-order valence-corrected chi connectivity index (χ3v) is 10.6. The highest BCUT2D eigenvalue weighted by molar-refractivity contribution is 6.09. The van der Waals surface area contributed by atoms with Crippen LogP contribution in [0.25, 0.3) is 60.9 Å². The summed E-state index contributed by atoms with van der Waals surface area (Å²) in [6.45, 7) is 2.25. The van der Waals surface area contributed by atoms with Gasteiger partial charge in [-0.2, -0.15) is 0 Å². The van der Waals surface area contributed by atoms with Crippen LogP contribution in [-0.2, 0) is 6.42 Å². The lowest BCUT2D eigenvalue weighted by Crippen LogP contribution is -2.09. The Hall–Kier alpha value is -6.64. The first-order valence-electron chi connectivity index (χ1n) is 19.1. The minimum atomic E-state index is 1.11. The van der Waals surface area contributed by atoms with Crippen molar-refractivity contribution in [1.29, 1.82) is 0 Å². The van der Waals surface area contributed by atoms with Crippen molar-refractivity contribution in [3.8, 4) is 39.1 Å². The molecule has 2 heteroatoms. The van der Waals surface area contributed by atoms with Crippen LogP contribution in [0.15, 0.2) is 200 Å². The molecule has 0 saturated heterocycles. The number of benzene rings is 8. The van der Waals surface area contributed by atoms with Gasteiger partial charge in [-0.3, -0.25) is 0 Å². The molecule has 9 rings (SSSR count). The fraction of sp³-hybridized carbons (Fsp3) is 0.0769. The molecule has 0 aliphatic rings. The molecule has 0 aliphatic carbocycles. The van der Waals surface area contributed by atoms with E-state index in [1.807, 2.05) is 0 Å². The van der Waals surface area contributed by atoms with Gasteiger partial charge in [-0.15, -0.1) is 0 Å². The molecule has 0 N–H and O–H groups in total. The van der Waals surface area contributed by atoms with Crippen LogP contribution in [0.2, 0.25) is 0 Å². The Labute approximate surface area is 318 Å². The molecule has 9 aromatic rings. The Morgan fingerprint density at radius 3 is 1.19 bits per heavy atom. The number of hydrogen-bond donors (Lipinski definition) is 0. The monoisotopic (exact) mass is 694 g/mol. The first-order chi connectivity index (χ1) is 26.7. The fourth-order valence-electron chi connectivity index (χ4n) is 7.74. The average molecular weight is 695 g/mol. The van der Waals surface area contributed by atoms with Gasteiger partial charge in [0.2, 0.25) is 0 Å². The molecule has 1 heterocycles. The van der Waals surface area contributed by atoms with E-state index >= 15 is 0 Å². The summed E-state index contributed by atoms with van der Waals surface area (Å²) in [5.41, 5.74) is 15.6. The van der Waals surface area contributed by atoms with Crippen molar-refractivity contribution in [2.75, 3.05) is 4.90 Å². The van der Waals surface area contributed by atoms with E-state index in [1.54, 1.807) is 0 Å². The highest BCUT2D eigenvalue weighted by Crippen LogP contribution is 2.38. The summed E-state index contributed by atoms with van der Waals surface area (Å²) < 4.78 is 2.37. The number of unbranched alkanes of at least 4 members (excludes halogenated alkanes) is 1. The van der Waals surface area contributed by atoms with Crippen molar-refractivity contribution in [2.45, 2.75) is 26.2 Å². The maximum atomic E-state index is 2.37. The van der Waals surface area contributed by atoms with Crippen LogP contribution in [0, 0.1) is 0 Å². The van der Waals surface area contributed by atoms with Crippen LogP contribution in [0.5, 0.6) is 0 Å². The lowest BCUT2D eigenvalue weighted by atomic mass is 10.0. The second-order valence-corrected chi connectivity index (χ2v) is 14.1. The molecule has 0 atom stereocenters. The van der Waals surface area contributed by atoms with E-state index in [-0.39, 0.29) is 0 Å². The van der Waals surface area contributed by atoms with Crippen LogP contribution < -0.4 is 4.90 Å². The summed E-state index contributed by atoms with van der Waals surface area (Å²) in [6, 6.07) is 72.8. The molecule has 0 radical (unpaired) electrons. The van der Waals surface area contributed by atoms with Crippen molar-refractivity contribution in [2.24, 2.45) is 0 Å². The topological polar surface area (TPSA) is 8.17 Å². The molecule has 0 fully saturated rings. The number of fused-ring (bicyclic) bond motifs is 3. The number of aromatic nitrogens is 1. The first kappa shape index (κ1) is 33.2. The molecule has 54 heavy (non-hydrogen) atoms. The standard InChI is InChI=1S/C52H42N2/c1-2-3-11-38-18-20-40(21-19-38)42-24-32-46(33-25-42)53(45-30-22-41(23-31-45)39-12-5-4-6-13-39)47-34-26-43(27-35-47)44-28-36-48(37-29-44)54-51-16-9-7-14-49(51)50-15-8-10-17-52(50)54/h4-10,12-37H,2-3,11H2,1H3. The Balaban J connectivity index is 1.03.